The van der Waals surface area contributed by atoms with Crippen molar-refractivity contribution in [3.8, 4) is 5.69 Å². The Hall–Kier alpha value is -3.99. The first-order valence-corrected chi connectivity index (χ1v) is 8.90. The van der Waals surface area contributed by atoms with E-state index in [0.29, 0.717) is 10.8 Å². The van der Waals surface area contributed by atoms with E-state index in [1.807, 2.05) is 97.1 Å². The van der Waals surface area contributed by atoms with Crippen molar-refractivity contribution in [1.29, 1.82) is 0 Å². The summed E-state index contributed by atoms with van der Waals surface area (Å²) in [4.78, 5) is 16.2. The molecule has 1 heterocycles. The fourth-order valence-electron chi connectivity index (χ4n) is 2.86. The third-order valence-corrected chi connectivity index (χ3v) is 4.17. The molecule has 0 saturated carbocycles. The van der Waals surface area contributed by atoms with Crippen LogP contribution in [0.4, 0.5) is 5.69 Å². The molecule has 0 radical (unpaired) electrons. The van der Waals surface area contributed by atoms with E-state index in [1.165, 1.54) is 0 Å². The first-order chi connectivity index (χ1) is 13.8. The van der Waals surface area contributed by atoms with Crippen LogP contribution < -0.4 is 16.4 Å². The molecule has 0 aliphatic heterocycles. The molecule has 0 aliphatic rings. The summed E-state index contributed by atoms with van der Waals surface area (Å²) in [6, 6.07) is 28.6. The van der Waals surface area contributed by atoms with Crippen LogP contribution in [0, 0.1) is 0 Å². The Kier molecular flexibility index (Phi) is 5.06. The van der Waals surface area contributed by atoms with E-state index in [9.17, 15) is 4.79 Å². The summed E-state index contributed by atoms with van der Waals surface area (Å²) in [6.07, 6.45) is 3.39. The summed E-state index contributed by atoms with van der Waals surface area (Å²) >= 11 is 0. The van der Waals surface area contributed by atoms with Gasteiger partial charge in [-0.1, -0.05) is 66.7 Å². The van der Waals surface area contributed by atoms with Gasteiger partial charge in [0.25, 0.3) is 5.56 Å². The summed E-state index contributed by atoms with van der Waals surface area (Å²) in [5, 5.41) is 8.82. The standard InChI is InChI=1S/C23H18N4O/c28-23-21(16-18-10-4-1-5-11-18)25-22(27(23)20-14-8-3-9-15-20)17-24-26-19-12-6-2-7-13-19/h1-17,25H/b21-16-,22-17-,26-24?. The smallest absolute Gasteiger partial charge is 0.280 e. The molecule has 5 nitrogen and oxygen atoms in total. The Balaban J connectivity index is 1.86. The molecule has 1 aromatic heterocycles. The average Bonchev–Trinajstić information content (AvgIpc) is 3.05. The van der Waals surface area contributed by atoms with Gasteiger partial charge in [0.2, 0.25) is 0 Å². The quantitative estimate of drug-likeness (QED) is 0.552. The SMILES string of the molecule is O=c1/c(=C/c2ccccc2)[nH]/c(=C/N=Nc2ccccc2)n1-c1ccccc1. The van der Waals surface area contributed by atoms with Crippen molar-refractivity contribution in [3.05, 3.63) is 118 Å². The molecule has 28 heavy (non-hydrogen) atoms. The van der Waals surface area contributed by atoms with Crippen molar-refractivity contribution in [2.24, 2.45) is 10.2 Å². The second kappa shape index (κ2) is 8.14. The first-order valence-electron chi connectivity index (χ1n) is 8.90. The van der Waals surface area contributed by atoms with Gasteiger partial charge < -0.3 is 4.98 Å². The molecule has 0 aliphatic carbocycles. The second-order valence-corrected chi connectivity index (χ2v) is 6.14. The van der Waals surface area contributed by atoms with Crippen LogP contribution in [0.5, 0.6) is 0 Å². The van der Waals surface area contributed by atoms with Crippen LogP contribution in [0.1, 0.15) is 5.56 Å². The Morgan fingerprint density at radius 2 is 1.39 bits per heavy atom. The lowest BCUT2D eigenvalue weighted by molar-refractivity contribution is 0.957. The Morgan fingerprint density at radius 1 is 0.786 bits per heavy atom. The Labute approximate surface area is 161 Å². The van der Waals surface area contributed by atoms with Gasteiger partial charge >= 0.3 is 0 Å². The highest BCUT2D eigenvalue weighted by Gasteiger charge is 2.05. The summed E-state index contributed by atoms with van der Waals surface area (Å²) < 4.78 is 1.60. The van der Waals surface area contributed by atoms with Gasteiger partial charge in [-0.05, 0) is 35.9 Å². The maximum atomic E-state index is 13.0. The van der Waals surface area contributed by atoms with E-state index in [2.05, 4.69) is 15.2 Å². The second-order valence-electron chi connectivity index (χ2n) is 6.14. The minimum absolute atomic E-state index is 0.142. The van der Waals surface area contributed by atoms with Gasteiger partial charge in [0.05, 0.1) is 17.6 Å². The van der Waals surface area contributed by atoms with Crippen molar-refractivity contribution in [1.82, 2.24) is 9.55 Å². The van der Waals surface area contributed by atoms with Crippen LogP contribution in [0.25, 0.3) is 18.0 Å². The third-order valence-electron chi connectivity index (χ3n) is 4.17. The molecule has 4 rings (SSSR count). The lowest BCUT2D eigenvalue weighted by atomic mass is 10.2. The molecule has 4 aromatic rings. The first kappa shape index (κ1) is 17.4. The van der Waals surface area contributed by atoms with Gasteiger partial charge in [-0.3, -0.25) is 9.36 Å². The number of para-hydroxylation sites is 1. The van der Waals surface area contributed by atoms with E-state index < -0.39 is 0 Å². The van der Waals surface area contributed by atoms with Crippen LogP contribution in [-0.4, -0.2) is 9.55 Å². The zero-order valence-electron chi connectivity index (χ0n) is 15.1. The van der Waals surface area contributed by atoms with Gasteiger partial charge in [0.15, 0.2) is 0 Å². The number of H-pyrrole nitrogens is 1. The zero-order chi connectivity index (χ0) is 19.2. The number of aromatic nitrogens is 2. The topological polar surface area (TPSA) is 62.5 Å². The maximum Gasteiger partial charge on any atom is 0.280 e. The monoisotopic (exact) mass is 366 g/mol. The predicted octanol–water partition coefficient (Wildman–Crippen LogP) is 3.52. The fourth-order valence-corrected chi connectivity index (χ4v) is 2.86. The molecular formula is C23H18N4O. The van der Waals surface area contributed by atoms with Crippen molar-refractivity contribution in [3.63, 3.8) is 0 Å². The van der Waals surface area contributed by atoms with Gasteiger partial charge in [-0.15, -0.1) is 0 Å². The number of azo groups is 1. The van der Waals surface area contributed by atoms with Crippen LogP contribution >= 0.6 is 0 Å². The summed E-state index contributed by atoms with van der Waals surface area (Å²) in [7, 11) is 0. The predicted molar refractivity (Wildman–Crippen MR) is 111 cm³/mol. The lowest BCUT2D eigenvalue weighted by Crippen LogP contribution is -2.30. The summed E-state index contributed by atoms with van der Waals surface area (Å²) in [5.74, 6) is 0. The highest BCUT2D eigenvalue weighted by atomic mass is 16.1. The highest BCUT2D eigenvalue weighted by molar-refractivity contribution is 5.48. The number of hydrogen-bond donors (Lipinski definition) is 1. The van der Waals surface area contributed by atoms with Crippen LogP contribution in [0.2, 0.25) is 0 Å². The molecule has 136 valence electrons. The molecule has 0 fully saturated rings. The Bertz CT molecular complexity index is 1260. The zero-order valence-corrected chi connectivity index (χ0v) is 15.1. The lowest BCUT2D eigenvalue weighted by Gasteiger charge is -2.00. The number of hydrogen-bond acceptors (Lipinski definition) is 3. The summed E-state index contributed by atoms with van der Waals surface area (Å²) in [5.41, 5.74) is 2.86. The van der Waals surface area contributed by atoms with Gasteiger partial charge in [0.1, 0.15) is 10.8 Å². The molecule has 3 aromatic carbocycles. The van der Waals surface area contributed by atoms with E-state index >= 15 is 0 Å². The van der Waals surface area contributed by atoms with E-state index in [-0.39, 0.29) is 5.56 Å². The van der Waals surface area contributed by atoms with Crippen molar-refractivity contribution in [2.45, 2.75) is 0 Å². The Morgan fingerprint density at radius 3 is 2.07 bits per heavy atom. The number of rotatable bonds is 4. The van der Waals surface area contributed by atoms with Crippen molar-refractivity contribution in [2.75, 3.05) is 0 Å². The minimum Gasteiger partial charge on any atom is -0.335 e. The number of benzene rings is 3. The molecule has 0 spiro atoms. The van der Waals surface area contributed by atoms with Gasteiger partial charge in [-0.25, -0.2) is 0 Å². The molecule has 0 bridgehead atoms. The van der Waals surface area contributed by atoms with Crippen LogP contribution in [0.15, 0.2) is 106 Å². The highest BCUT2D eigenvalue weighted by Crippen LogP contribution is 2.09. The molecule has 0 atom stereocenters. The van der Waals surface area contributed by atoms with Crippen molar-refractivity contribution >= 4 is 18.0 Å². The number of aromatic amines is 1. The average molecular weight is 366 g/mol. The van der Waals surface area contributed by atoms with Crippen LogP contribution in [0.3, 0.4) is 0 Å². The normalized spacial score (nSPS) is 12.7. The molecule has 0 unspecified atom stereocenters. The van der Waals surface area contributed by atoms with Crippen molar-refractivity contribution < 1.29 is 0 Å². The van der Waals surface area contributed by atoms with E-state index in [0.717, 1.165) is 16.9 Å². The molecule has 5 heteroatoms. The fraction of sp³-hybridized carbons (Fsp3) is 0. The maximum absolute atomic E-state index is 13.0. The molecule has 0 amide bonds. The number of nitrogens with zero attached hydrogens (tertiary/aromatic N) is 3. The molecular weight excluding hydrogens is 348 g/mol. The van der Waals surface area contributed by atoms with Gasteiger partial charge in [0, 0.05) is 0 Å². The summed E-state index contributed by atoms with van der Waals surface area (Å²) in [6.45, 7) is 0. The largest absolute Gasteiger partial charge is 0.335 e. The minimum atomic E-state index is -0.142. The van der Waals surface area contributed by atoms with E-state index in [4.69, 9.17) is 0 Å². The molecule has 0 saturated heterocycles. The van der Waals surface area contributed by atoms with Crippen LogP contribution in [-0.2, 0) is 0 Å². The molecule has 1 N–H and O–H groups in total. The van der Waals surface area contributed by atoms with E-state index in [1.54, 1.807) is 10.8 Å². The van der Waals surface area contributed by atoms with Gasteiger partial charge in [-0.2, -0.15) is 10.2 Å². The number of imidazole rings is 1. The third kappa shape index (κ3) is 3.88. The number of nitrogens with one attached hydrogen (secondary N) is 1.